The van der Waals surface area contributed by atoms with E-state index in [4.69, 9.17) is 31.2 Å². The first-order valence-electron chi connectivity index (χ1n) is 16.8. The van der Waals surface area contributed by atoms with Gasteiger partial charge >= 0.3 is 0 Å². The molecular formula is C38H47N3O6S. The predicted octanol–water partition coefficient (Wildman–Crippen LogP) is 6.84. The molecule has 3 aromatic rings. The third-order valence-electron chi connectivity index (χ3n) is 9.55. The molecule has 1 N–H and O–H groups in total. The highest BCUT2D eigenvalue weighted by Crippen LogP contribution is 2.29. The zero-order valence-corrected chi connectivity index (χ0v) is 29.1. The Morgan fingerprint density at radius 2 is 1.35 bits per heavy atom. The lowest BCUT2D eigenvalue weighted by Crippen LogP contribution is -2.41. The maximum Gasteiger partial charge on any atom is 0.260 e. The number of thiocarbonyl (C=S) groups is 1. The summed E-state index contributed by atoms with van der Waals surface area (Å²) in [5.41, 5.74) is 1.91. The van der Waals surface area contributed by atoms with Crippen molar-refractivity contribution < 1.29 is 28.5 Å². The number of piperidine rings is 2. The van der Waals surface area contributed by atoms with Crippen molar-refractivity contribution in [1.29, 1.82) is 0 Å². The van der Waals surface area contributed by atoms with E-state index in [-0.39, 0.29) is 18.3 Å². The Morgan fingerprint density at radius 3 is 1.98 bits per heavy atom. The van der Waals surface area contributed by atoms with Crippen LogP contribution in [0.1, 0.15) is 60.9 Å². The molecule has 0 bridgehead atoms. The predicted molar refractivity (Wildman–Crippen MR) is 192 cm³/mol. The third kappa shape index (κ3) is 9.40. The van der Waals surface area contributed by atoms with Gasteiger partial charge in [0.2, 0.25) is 0 Å². The minimum Gasteiger partial charge on any atom is -0.497 e. The van der Waals surface area contributed by atoms with Gasteiger partial charge in [-0.2, -0.15) is 0 Å². The number of carbonyl (C=O) groups excluding carboxylic acids is 2. The molecule has 0 radical (unpaired) electrons. The lowest BCUT2D eigenvalue weighted by atomic mass is 9.87. The van der Waals surface area contributed by atoms with E-state index >= 15 is 0 Å². The summed E-state index contributed by atoms with van der Waals surface area (Å²) in [4.78, 5) is 30.1. The Balaban J connectivity index is 0.962. The number of nitrogens with one attached hydrogen (secondary N) is 1. The van der Waals surface area contributed by atoms with Crippen LogP contribution in [0.2, 0.25) is 0 Å². The molecule has 5 rings (SSSR count). The first-order chi connectivity index (χ1) is 23.4. The monoisotopic (exact) mass is 673 g/mol. The molecule has 0 aromatic heterocycles. The molecule has 0 spiro atoms. The fraction of sp³-hybridized carbons (Fsp3) is 0.447. The van der Waals surface area contributed by atoms with Gasteiger partial charge in [-0.25, -0.2) is 0 Å². The molecule has 2 heterocycles. The molecule has 2 fully saturated rings. The fourth-order valence-electron chi connectivity index (χ4n) is 6.57. The number of carbonyl (C=O) groups is 2. The van der Waals surface area contributed by atoms with Gasteiger partial charge in [0.15, 0.2) is 17.5 Å². The lowest BCUT2D eigenvalue weighted by molar-refractivity contribution is -0.134. The van der Waals surface area contributed by atoms with Gasteiger partial charge in [0.05, 0.1) is 26.9 Å². The lowest BCUT2D eigenvalue weighted by Gasteiger charge is -2.34. The molecule has 10 heteroatoms. The van der Waals surface area contributed by atoms with Crippen molar-refractivity contribution in [3.8, 4) is 23.0 Å². The van der Waals surface area contributed by atoms with Crippen molar-refractivity contribution in [2.75, 3.05) is 59.4 Å². The van der Waals surface area contributed by atoms with Crippen LogP contribution >= 0.6 is 12.2 Å². The molecule has 3 aromatic carbocycles. The highest BCUT2D eigenvalue weighted by molar-refractivity contribution is 7.80. The summed E-state index contributed by atoms with van der Waals surface area (Å²) in [6.45, 7) is 3.52. The Bertz CT molecular complexity index is 1530. The second-order valence-electron chi connectivity index (χ2n) is 12.6. The van der Waals surface area contributed by atoms with Crippen LogP contribution in [0.4, 0.5) is 5.69 Å². The van der Waals surface area contributed by atoms with Crippen LogP contribution in [0.15, 0.2) is 66.7 Å². The van der Waals surface area contributed by atoms with Crippen molar-refractivity contribution in [1.82, 2.24) is 9.80 Å². The molecule has 2 aliphatic heterocycles. The Kier molecular flexibility index (Phi) is 12.5. The van der Waals surface area contributed by atoms with Gasteiger partial charge in [-0.05, 0) is 98.3 Å². The van der Waals surface area contributed by atoms with E-state index in [0.29, 0.717) is 34.3 Å². The van der Waals surface area contributed by atoms with Crippen molar-refractivity contribution in [2.24, 2.45) is 11.8 Å². The molecule has 256 valence electrons. The minimum atomic E-state index is -0.163. The summed E-state index contributed by atoms with van der Waals surface area (Å²) < 4.78 is 21.7. The van der Waals surface area contributed by atoms with Gasteiger partial charge in [0, 0.05) is 49.6 Å². The van der Waals surface area contributed by atoms with E-state index in [2.05, 4.69) is 10.2 Å². The van der Waals surface area contributed by atoms with Crippen LogP contribution in [-0.4, -0.2) is 80.7 Å². The van der Waals surface area contributed by atoms with Gasteiger partial charge in [-0.1, -0.05) is 25.3 Å². The third-order valence-corrected chi connectivity index (χ3v) is 9.91. The molecule has 0 atom stereocenters. The molecule has 1 amide bonds. The van der Waals surface area contributed by atoms with Crippen molar-refractivity contribution in [3.63, 3.8) is 0 Å². The highest BCUT2D eigenvalue weighted by Gasteiger charge is 2.25. The first-order valence-corrected chi connectivity index (χ1v) is 17.2. The number of benzene rings is 3. The van der Waals surface area contributed by atoms with Crippen molar-refractivity contribution in [3.05, 3.63) is 77.9 Å². The molecule has 0 unspecified atom stereocenters. The molecule has 48 heavy (non-hydrogen) atoms. The van der Waals surface area contributed by atoms with Crippen LogP contribution in [0.5, 0.6) is 23.0 Å². The number of nitrogens with zero attached hydrogens (tertiary/aromatic N) is 2. The summed E-state index contributed by atoms with van der Waals surface area (Å²) in [7, 11) is 4.76. The Labute approximate surface area is 289 Å². The maximum atomic E-state index is 13.1. The molecule has 2 saturated heterocycles. The second kappa shape index (κ2) is 17.2. The van der Waals surface area contributed by atoms with E-state index in [1.54, 1.807) is 56.7 Å². The van der Waals surface area contributed by atoms with Crippen LogP contribution in [0.25, 0.3) is 0 Å². The van der Waals surface area contributed by atoms with Gasteiger partial charge < -0.3 is 34.1 Å². The Hall–Kier alpha value is -4.31. The van der Waals surface area contributed by atoms with Gasteiger partial charge in [0.25, 0.3) is 5.91 Å². The second-order valence-corrected chi connectivity index (χ2v) is 12.9. The highest BCUT2D eigenvalue weighted by atomic mass is 32.1. The van der Waals surface area contributed by atoms with Gasteiger partial charge in [0.1, 0.15) is 23.0 Å². The van der Waals surface area contributed by atoms with Gasteiger partial charge in [-0.15, -0.1) is 0 Å². The average Bonchev–Trinajstić information content (AvgIpc) is 3.14. The number of amides is 1. The van der Waals surface area contributed by atoms with E-state index in [1.165, 1.54) is 39.2 Å². The van der Waals surface area contributed by atoms with E-state index in [0.717, 1.165) is 61.5 Å². The summed E-state index contributed by atoms with van der Waals surface area (Å²) in [6, 6.07) is 19.8. The van der Waals surface area contributed by atoms with Crippen LogP contribution in [-0.2, 0) is 4.79 Å². The smallest absolute Gasteiger partial charge is 0.260 e. The average molecular weight is 674 g/mol. The minimum absolute atomic E-state index is 0.00198. The first kappa shape index (κ1) is 35.0. The summed E-state index contributed by atoms with van der Waals surface area (Å²) >= 11 is 5.68. The van der Waals surface area contributed by atoms with Crippen molar-refractivity contribution >= 4 is 34.7 Å². The topological polar surface area (TPSA) is 89.6 Å². The number of ether oxygens (including phenoxy) is 4. The standard InChI is InChI=1S/C38H47N3O6S/c1-44-32-9-5-8-30(24-32)39-38(48)41-22-18-28(19-23-41)7-4-6-27-16-20-40(21-17-27)36(42)26-47-31-12-10-29(11-13-31)37(43)34-15-14-33(45-2)25-35(34)46-3/h5,8-15,24-25,27-28H,4,6-7,16-23,26H2,1-3H3,(H,39,48). The zero-order valence-electron chi connectivity index (χ0n) is 28.2. The van der Waals surface area contributed by atoms with Crippen molar-refractivity contribution in [2.45, 2.75) is 44.9 Å². The summed E-state index contributed by atoms with van der Waals surface area (Å²) in [5, 5.41) is 4.14. The molecule has 2 aliphatic rings. The van der Waals surface area contributed by atoms with E-state index in [9.17, 15) is 9.59 Å². The number of ketones is 1. The fourth-order valence-corrected chi connectivity index (χ4v) is 6.88. The SMILES string of the molecule is COc1cccc(NC(=S)N2CCC(CCCC3CCN(C(=O)COc4ccc(C(=O)c5ccc(OC)cc5OC)cc4)CC3)CC2)c1. The molecule has 9 nitrogen and oxygen atoms in total. The normalized spacial score (nSPS) is 15.5. The maximum absolute atomic E-state index is 13.1. The zero-order chi connectivity index (χ0) is 33.9. The number of hydrogen-bond acceptors (Lipinski definition) is 7. The van der Waals surface area contributed by atoms with Gasteiger partial charge in [-0.3, -0.25) is 9.59 Å². The number of methoxy groups -OCH3 is 3. The largest absolute Gasteiger partial charge is 0.497 e. The van der Waals surface area contributed by atoms with Crippen LogP contribution in [0.3, 0.4) is 0 Å². The summed E-state index contributed by atoms with van der Waals surface area (Å²) in [6.07, 6.45) is 8.15. The molecule has 0 saturated carbocycles. The van der Waals surface area contributed by atoms with Crippen LogP contribution in [0, 0.1) is 11.8 Å². The van der Waals surface area contributed by atoms with E-state index in [1.807, 2.05) is 29.2 Å². The summed E-state index contributed by atoms with van der Waals surface area (Å²) in [5.74, 6) is 3.69. The number of anilines is 1. The number of likely N-dealkylation sites (tertiary alicyclic amines) is 2. The Morgan fingerprint density at radius 1 is 0.750 bits per heavy atom. The molecular weight excluding hydrogens is 627 g/mol. The quantitative estimate of drug-likeness (QED) is 0.155. The van der Waals surface area contributed by atoms with E-state index < -0.39 is 0 Å². The number of hydrogen-bond donors (Lipinski definition) is 1. The van der Waals surface area contributed by atoms with Crippen LogP contribution < -0.4 is 24.3 Å². The molecule has 0 aliphatic carbocycles. The number of rotatable bonds is 13.